The molecule has 0 spiro atoms. The molecular weight excluding hydrogens is 260 g/mol. The molecule has 0 saturated heterocycles. The molecule has 6 heteroatoms. The fourth-order valence-electron chi connectivity index (χ4n) is 2.10. The van der Waals surface area contributed by atoms with Gasteiger partial charge in [-0.05, 0) is 26.7 Å². The monoisotopic (exact) mass is 280 g/mol. The Morgan fingerprint density at radius 3 is 2.45 bits per heavy atom. The first kappa shape index (κ1) is 16.1. The maximum atomic E-state index is 11.5. The van der Waals surface area contributed by atoms with E-state index < -0.39 is 16.3 Å². The van der Waals surface area contributed by atoms with E-state index in [2.05, 4.69) is 4.98 Å². The van der Waals surface area contributed by atoms with Crippen LogP contribution in [-0.4, -0.2) is 21.0 Å². The van der Waals surface area contributed by atoms with Crippen LogP contribution in [0.1, 0.15) is 37.6 Å². The number of nitro groups is 1. The van der Waals surface area contributed by atoms with E-state index in [9.17, 15) is 20.0 Å². The molecular formula is C14H20N2O4. The highest BCUT2D eigenvalue weighted by Gasteiger charge is 2.38. The van der Waals surface area contributed by atoms with E-state index in [1.54, 1.807) is 20.8 Å². The molecule has 20 heavy (non-hydrogen) atoms. The first-order chi connectivity index (χ1) is 9.11. The summed E-state index contributed by atoms with van der Waals surface area (Å²) in [4.78, 5) is 26.4. The van der Waals surface area contributed by atoms with Crippen LogP contribution in [0.2, 0.25) is 0 Å². The van der Waals surface area contributed by atoms with E-state index in [1.165, 1.54) is 6.20 Å². The van der Waals surface area contributed by atoms with E-state index in [-0.39, 0.29) is 18.0 Å². The molecule has 0 fully saturated rings. The summed E-state index contributed by atoms with van der Waals surface area (Å²) in [6, 6.07) is 0. The number of aromatic nitrogens is 1. The molecule has 0 aliphatic carbocycles. The van der Waals surface area contributed by atoms with Gasteiger partial charge in [0.25, 0.3) is 5.69 Å². The number of hydrogen-bond donors (Lipinski definition) is 1. The van der Waals surface area contributed by atoms with E-state index >= 15 is 0 Å². The SMILES string of the molecule is Cc1cnc(CC(C)(C(=O)O)C(C)C)c(C)c1[N+](=O)[O-]. The summed E-state index contributed by atoms with van der Waals surface area (Å²) in [7, 11) is 0. The second-order valence-electron chi connectivity index (χ2n) is 5.67. The van der Waals surface area contributed by atoms with Crippen LogP contribution in [0, 0.1) is 35.3 Å². The predicted molar refractivity (Wildman–Crippen MR) is 74.7 cm³/mol. The zero-order valence-corrected chi connectivity index (χ0v) is 12.4. The summed E-state index contributed by atoms with van der Waals surface area (Å²) in [5.41, 5.74) is 0.425. The molecule has 0 aliphatic heterocycles. The number of nitrogens with zero attached hydrogens (tertiary/aromatic N) is 2. The van der Waals surface area contributed by atoms with Crippen molar-refractivity contribution in [1.82, 2.24) is 4.98 Å². The lowest BCUT2D eigenvalue weighted by Gasteiger charge is -2.29. The van der Waals surface area contributed by atoms with Crippen molar-refractivity contribution in [2.24, 2.45) is 11.3 Å². The Morgan fingerprint density at radius 2 is 2.05 bits per heavy atom. The highest BCUT2D eigenvalue weighted by atomic mass is 16.6. The van der Waals surface area contributed by atoms with Crippen LogP contribution in [0.3, 0.4) is 0 Å². The Morgan fingerprint density at radius 1 is 1.50 bits per heavy atom. The molecule has 1 N–H and O–H groups in total. The fourth-order valence-corrected chi connectivity index (χ4v) is 2.10. The van der Waals surface area contributed by atoms with Crippen LogP contribution in [0.15, 0.2) is 6.20 Å². The molecule has 0 aliphatic rings. The second-order valence-corrected chi connectivity index (χ2v) is 5.67. The van der Waals surface area contributed by atoms with Gasteiger partial charge in [-0.3, -0.25) is 19.9 Å². The van der Waals surface area contributed by atoms with Crippen molar-refractivity contribution < 1.29 is 14.8 Å². The Balaban J connectivity index is 3.32. The number of aryl methyl sites for hydroxylation is 1. The average Bonchev–Trinajstić information content (AvgIpc) is 2.31. The minimum Gasteiger partial charge on any atom is -0.481 e. The molecule has 1 heterocycles. The van der Waals surface area contributed by atoms with Crippen LogP contribution in [0.5, 0.6) is 0 Å². The number of pyridine rings is 1. The zero-order chi connectivity index (χ0) is 15.7. The summed E-state index contributed by atoms with van der Waals surface area (Å²) in [6.45, 7) is 8.54. The Kier molecular flexibility index (Phi) is 4.47. The largest absolute Gasteiger partial charge is 0.481 e. The van der Waals surface area contributed by atoms with Gasteiger partial charge in [0.05, 0.1) is 16.0 Å². The zero-order valence-electron chi connectivity index (χ0n) is 12.4. The van der Waals surface area contributed by atoms with Gasteiger partial charge in [0.1, 0.15) is 0 Å². The van der Waals surface area contributed by atoms with Gasteiger partial charge in [0, 0.05) is 23.7 Å². The molecule has 0 bridgehead atoms. The number of carboxylic acids is 1. The minimum absolute atomic E-state index is 0.0199. The maximum Gasteiger partial charge on any atom is 0.310 e. The average molecular weight is 280 g/mol. The molecule has 1 rings (SSSR count). The first-order valence-electron chi connectivity index (χ1n) is 6.44. The standard InChI is InChI=1S/C14H20N2O4/c1-8(2)14(5,13(17)18)6-11-10(4)12(16(19)20)9(3)7-15-11/h7-8H,6H2,1-5H3,(H,17,18). The van der Waals surface area contributed by atoms with Crippen molar-refractivity contribution in [1.29, 1.82) is 0 Å². The first-order valence-corrected chi connectivity index (χ1v) is 6.44. The lowest BCUT2D eigenvalue weighted by molar-refractivity contribution is -0.386. The highest BCUT2D eigenvalue weighted by Crippen LogP contribution is 2.34. The van der Waals surface area contributed by atoms with Gasteiger partial charge in [-0.2, -0.15) is 0 Å². The Bertz CT molecular complexity index is 554. The third-order valence-corrected chi connectivity index (χ3v) is 4.06. The number of carbonyl (C=O) groups is 1. The summed E-state index contributed by atoms with van der Waals surface area (Å²) in [6.07, 6.45) is 1.61. The number of carboxylic acid groups (broad SMARTS) is 1. The smallest absolute Gasteiger partial charge is 0.310 e. The van der Waals surface area contributed by atoms with Crippen LogP contribution in [-0.2, 0) is 11.2 Å². The molecule has 6 nitrogen and oxygen atoms in total. The van der Waals surface area contributed by atoms with Crippen molar-refractivity contribution >= 4 is 11.7 Å². The van der Waals surface area contributed by atoms with E-state index in [1.807, 2.05) is 13.8 Å². The topological polar surface area (TPSA) is 93.3 Å². The summed E-state index contributed by atoms with van der Waals surface area (Å²) in [5, 5.41) is 20.5. The number of aliphatic carboxylic acids is 1. The summed E-state index contributed by atoms with van der Waals surface area (Å²) < 4.78 is 0. The molecule has 0 amide bonds. The number of rotatable bonds is 5. The van der Waals surface area contributed by atoms with Gasteiger partial charge < -0.3 is 5.11 Å². The molecule has 1 unspecified atom stereocenters. The van der Waals surface area contributed by atoms with E-state index in [0.29, 0.717) is 16.8 Å². The summed E-state index contributed by atoms with van der Waals surface area (Å²) in [5.74, 6) is -1.03. The normalized spacial score (nSPS) is 14.1. The van der Waals surface area contributed by atoms with E-state index in [4.69, 9.17) is 0 Å². The lowest BCUT2D eigenvalue weighted by atomic mass is 9.75. The number of hydrogen-bond acceptors (Lipinski definition) is 4. The third kappa shape index (κ3) is 2.79. The van der Waals surface area contributed by atoms with Crippen LogP contribution in [0.25, 0.3) is 0 Å². The molecule has 1 atom stereocenters. The molecule has 0 radical (unpaired) electrons. The van der Waals surface area contributed by atoms with Gasteiger partial charge in [-0.15, -0.1) is 0 Å². The Labute approximate surface area is 118 Å². The van der Waals surface area contributed by atoms with Gasteiger partial charge in [0.2, 0.25) is 0 Å². The second kappa shape index (κ2) is 5.56. The lowest BCUT2D eigenvalue weighted by Crippen LogP contribution is -2.36. The predicted octanol–water partition coefficient (Wildman–Crippen LogP) is 2.90. The van der Waals surface area contributed by atoms with Crippen LogP contribution >= 0.6 is 0 Å². The van der Waals surface area contributed by atoms with Crippen molar-refractivity contribution in [2.75, 3.05) is 0 Å². The molecule has 0 saturated carbocycles. The Hall–Kier alpha value is -1.98. The fraction of sp³-hybridized carbons (Fsp3) is 0.571. The molecule has 0 aromatic carbocycles. The quantitative estimate of drug-likeness (QED) is 0.661. The van der Waals surface area contributed by atoms with Crippen molar-refractivity contribution in [2.45, 2.75) is 41.0 Å². The summed E-state index contributed by atoms with van der Waals surface area (Å²) >= 11 is 0. The maximum absolute atomic E-state index is 11.5. The van der Waals surface area contributed by atoms with Crippen molar-refractivity contribution in [3.8, 4) is 0 Å². The van der Waals surface area contributed by atoms with Crippen molar-refractivity contribution in [3.63, 3.8) is 0 Å². The van der Waals surface area contributed by atoms with E-state index in [0.717, 1.165) is 0 Å². The van der Waals surface area contributed by atoms with Gasteiger partial charge in [-0.25, -0.2) is 0 Å². The minimum atomic E-state index is -0.999. The molecule has 1 aromatic rings. The highest BCUT2D eigenvalue weighted by molar-refractivity contribution is 5.75. The molecule has 1 aromatic heterocycles. The molecule has 110 valence electrons. The van der Waals surface area contributed by atoms with Gasteiger partial charge >= 0.3 is 5.97 Å². The van der Waals surface area contributed by atoms with Crippen molar-refractivity contribution in [3.05, 3.63) is 33.1 Å². The van der Waals surface area contributed by atoms with Crippen LogP contribution in [0.4, 0.5) is 5.69 Å². The van der Waals surface area contributed by atoms with Gasteiger partial charge in [0.15, 0.2) is 0 Å². The van der Waals surface area contributed by atoms with Crippen LogP contribution < -0.4 is 0 Å². The third-order valence-electron chi connectivity index (χ3n) is 4.06. The van der Waals surface area contributed by atoms with Gasteiger partial charge in [-0.1, -0.05) is 13.8 Å².